The van der Waals surface area contributed by atoms with Gasteiger partial charge in [-0.15, -0.1) is 0 Å². The van der Waals surface area contributed by atoms with Gasteiger partial charge in [-0.25, -0.2) is 0 Å². The molecule has 0 fully saturated rings. The Morgan fingerprint density at radius 1 is 0.783 bits per heavy atom. The van der Waals surface area contributed by atoms with Crippen LogP contribution in [-0.2, 0) is 4.79 Å². The van der Waals surface area contributed by atoms with Gasteiger partial charge in [0, 0.05) is 19.1 Å². The third kappa shape index (κ3) is 4.64. The molecule has 0 saturated heterocycles. The number of hydrogen-bond acceptors (Lipinski definition) is 2. The van der Waals surface area contributed by atoms with Gasteiger partial charge in [0.1, 0.15) is 0 Å². The van der Waals surface area contributed by atoms with Crippen LogP contribution in [0.15, 0.2) is 52.7 Å². The van der Waals surface area contributed by atoms with Gasteiger partial charge >= 0.3 is 0 Å². The van der Waals surface area contributed by atoms with Gasteiger partial charge in [-0.3, -0.25) is 4.79 Å². The summed E-state index contributed by atoms with van der Waals surface area (Å²) in [6.07, 6.45) is 0. The second-order valence-corrected chi connectivity index (χ2v) is 8.59. The van der Waals surface area contributed by atoms with Crippen LogP contribution in [0.5, 0.6) is 0 Å². The maximum atomic E-state index is 12.3. The second-order valence-electron chi connectivity index (χ2n) is 4.22. The summed E-state index contributed by atoms with van der Waals surface area (Å²) in [5, 5.41) is 5.69. The molecule has 0 aliphatic carbocycles. The largest absolute Gasteiger partial charge is 0.342 e. The molecule has 0 aliphatic heterocycles. The monoisotopic (exact) mass is 646 g/mol. The van der Waals surface area contributed by atoms with Crippen molar-refractivity contribution in [2.45, 2.75) is 0 Å². The first-order valence-corrected chi connectivity index (χ1v) is 10.4. The summed E-state index contributed by atoms with van der Waals surface area (Å²) in [6, 6.07) is 9.27. The normalized spacial score (nSPS) is 10.3. The Morgan fingerprint density at radius 3 is 1.78 bits per heavy atom. The molecule has 3 nitrogen and oxygen atoms in total. The van der Waals surface area contributed by atoms with Gasteiger partial charge in [-0.1, -0.05) is 30.4 Å². The Morgan fingerprint density at radius 2 is 1.26 bits per heavy atom. The molecule has 0 aliphatic rings. The standard InChI is InChI=1S/C14H7Br5N2OS/c15-7-8(16)10(18)12(11(19)9(7)17)21-13(22)14(23)20-6-4-2-1-3-5-6/h1-5H,(H,20,23)(H,21,22). The minimum Gasteiger partial charge on any atom is -0.342 e. The Bertz CT molecular complexity index is 753. The van der Waals surface area contributed by atoms with Crippen molar-refractivity contribution in [1.29, 1.82) is 0 Å². The van der Waals surface area contributed by atoms with Crippen LogP contribution in [0, 0.1) is 0 Å². The summed E-state index contributed by atoms with van der Waals surface area (Å²) in [7, 11) is 0. The molecule has 0 bridgehead atoms. The molecule has 0 radical (unpaired) electrons. The van der Waals surface area contributed by atoms with Crippen LogP contribution in [0.4, 0.5) is 11.4 Å². The number of nitrogens with one attached hydrogen (secondary N) is 2. The molecule has 120 valence electrons. The third-order valence-electron chi connectivity index (χ3n) is 2.69. The Hall–Kier alpha value is 0.200. The highest BCUT2D eigenvalue weighted by atomic mass is 79.9. The van der Waals surface area contributed by atoms with Crippen molar-refractivity contribution in [3.05, 3.63) is 52.7 Å². The first kappa shape index (κ1) is 19.5. The molecule has 2 N–H and O–H groups in total. The predicted octanol–water partition coefficient (Wildman–Crippen LogP) is 6.88. The lowest BCUT2D eigenvalue weighted by Crippen LogP contribution is -2.27. The van der Waals surface area contributed by atoms with Gasteiger partial charge in [-0.2, -0.15) is 0 Å². The molecule has 1 amide bonds. The van der Waals surface area contributed by atoms with Gasteiger partial charge in [0.2, 0.25) is 0 Å². The van der Waals surface area contributed by atoms with E-state index in [0.717, 1.165) is 19.1 Å². The van der Waals surface area contributed by atoms with E-state index in [0.29, 0.717) is 14.6 Å². The number of benzene rings is 2. The first-order chi connectivity index (χ1) is 10.8. The van der Waals surface area contributed by atoms with E-state index in [1.165, 1.54) is 0 Å². The van der Waals surface area contributed by atoms with E-state index in [9.17, 15) is 4.79 Å². The zero-order valence-corrected chi connectivity index (χ0v) is 19.8. The van der Waals surface area contributed by atoms with E-state index in [2.05, 4.69) is 90.3 Å². The van der Waals surface area contributed by atoms with E-state index in [1.54, 1.807) is 0 Å². The van der Waals surface area contributed by atoms with Crippen molar-refractivity contribution in [3.8, 4) is 0 Å². The molecule has 0 saturated carbocycles. The maximum Gasteiger partial charge on any atom is 0.283 e. The summed E-state index contributed by atoms with van der Waals surface area (Å²) in [6.45, 7) is 0. The Kier molecular flexibility index (Phi) is 7.24. The van der Waals surface area contributed by atoms with Gasteiger partial charge < -0.3 is 10.6 Å². The van der Waals surface area contributed by atoms with Crippen molar-refractivity contribution >= 4 is 114 Å². The highest BCUT2D eigenvalue weighted by Crippen LogP contribution is 2.47. The smallest absolute Gasteiger partial charge is 0.283 e. The fourth-order valence-electron chi connectivity index (χ4n) is 1.59. The zero-order chi connectivity index (χ0) is 17.1. The molecule has 2 aromatic carbocycles. The zero-order valence-electron chi connectivity index (χ0n) is 11.1. The van der Waals surface area contributed by atoms with Crippen LogP contribution in [-0.4, -0.2) is 10.9 Å². The lowest BCUT2D eigenvalue weighted by molar-refractivity contribution is -0.110. The number of rotatable bonds is 2. The number of hydrogen-bond donors (Lipinski definition) is 2. The fourth-order valence-corrected chi connectivity index (χ4v) is 5.01. The summed E-state index contributed by atoms with van der Waals surface area (Å²) in [5.41, 5.74) is 1.32. The molecule has 2 aromatic rings. The number of amides is 1. The van der Waals surface area contributed by atoms with Crippen LogP contribution in [0.2, 0.25) is 0 Å². The van der Waals surface area contributed by atoms with Crippen molar-refractivity contribution in [2.75, 3.05) is 10.6 Å². The molecule has 0 unspecified atom stereocenters. The summed E-state index contributed by atoms with van der Waals surface area (Å²) in [4.78, 5) is 12.4. The predicted molar refractivity (Wildman–Crippen MR) is 116 cm³/mol. The number of para-hydroxylation sites is 1. The number of thiocarbonyl (C=S) groups is 1. The Balaban J connectivity index is 2.22. The van der Waals surface area contributed by atoms with Crippen LogP contribution in [0.1, 0.15) is 0 Å². The molecule has 0 heterocycles. The average Bonchev–Trinajstić information content (AvgIpc) is 2.55. The minimum absolute atomic E-state index is 0.0742. The topological polar surface area (TPSA) is 41.1 Å². The SMILES string of the molecule is O=C(Nc1c(Br)c(Br)c(Br)c(Br)c1Br)C(=S)Nc1ccccc1. The van der Waals surface area contributed by atoms with Crippen LogP contribution >= 0.6 is 91.9 Å². The Labute approximate surface area is 180 Å². The average molecular weight is 651 g/mol. The quantitative estimate of drug-likeness (QED) is 0.212. The molecule has 0 atom stereocenters. The van der Waals surface area contributed by atoms with Crippen LogP contribution in [0.25, 0.3) is 0 Å². The third-order valence-corrected chi connectivity index (χ3v) is 9.07. The van der Waals surface area contributed by atoms with Gasteiger partial charge in [0.15, 0.2) is 4.99 Å². The maximum absolute atomic E-state index is 12.3. The number of anilines is 2. The molecule has 2 rings (SSSR count). The van der Waals surface area contributed by atoms with Crippen molar-refractivity contribution in [2.24, 2.45) is 0 Å². The summed E-state index contributed by atoms with van der Waals surface area (Å²) >= 11 is 22.4. The number of carbonyl (C=O) groups excluding carboxylic acids is 1. The van der Waals surface area contributed by atoms with E-state index in [1.807, 2.05) is 30.3 Å². The van der Waals surface area contributed by atoms with Gasteiger partial charge in [0.05, 0.1) is 14.6 Å². The van der Waals surface area contributed by atoms with Crippen molar-refractivity contribution in [1.82, 2.24) is 0 Å². The van der Waals surface area contributed by atoms with E-state index in [4.69, 9.17) is 12.2 Å². The highest BCUT2D eigenvalue weighted by molar-refractivity contribution is 9.15. The lowest BCUT2D eigenvalue weighted by atomic mass is 10.3. The molecule has 0 spiro atoms. The molecular formula is C14H7Br5N2OS. The van der Waals surface area contributed by atoms with Gasteiger partial charge in [0.25, 0.3) is 5.91 Å². The van der Waals surface area contributed by atoms with Crippen LogP contribution < -0.4 is 10.6 Å². The summed E-state index contributed by atoms with van der Waals surface area (Å²) in [5.74, 6) is -0.411. The molecule has 23 heavy (non-hydrogen) atoms. The van der Waals surface area contributed by atoms with Gasteiger partial charge in [-0.05, 0) is 91.8 Å². The lowest BCUT2D eigenvalue weighted by Gasteiger charge is -2.15. The van der Waals surface area contributed by atoms with E-state index >= 15 is 0 Å². The van der Waals surface area contributed by atoms with Crippen molar-refractivity contribution < 1.29 is 4.79 Å². The van der Waals surface area contributed by atoms with E-state index in [-0.39, 0.29) is 4.99 Å². The fraction of sp³-hybridized carbons (Fsp3) is 0. The van der Waals surface area contributed by atoms with E-state index < -0.39 is 5.91 Å². The summed E-state index contributed by atoms with van der Waals surface area (Å²) < 4.78 is 3.74. The molecule has 9 heteroatoms. The second kappa shape index (κ2) is 8.53. The number of halogens is 5. The first-order valence-electron chi connectivity index (χ1n) is 6.01. The number of carbonyl (C=O) groups is 1. The van der Waals surface area contributed by atoms with Crippen LogP contribution in [0.3, 0.4) is 0 Å². The minimum atomic E-state index is -0.411. The highest BCUT2D eigenvalue weighted by Gasteiger charge is 2.20. The van der Waals surface area contributed by atoms with Crippen molar-refractivity contribution in [3.63, 3.8) is 0 Å². The molecule has 0 aromatic heterocycles. The molecular weight excluding hydrogens is 644 g/mol.